The number of hydrogen-bond acceptors (Lipinski definition) is 4. The Morgan fingerprint density at radius 3 is 2.38 bits per heavy atom. The summed E-state index contributed by atoms with van der Waals surface area (Å²) in [4.78, 5) is 9.33. The molecule has 0 aromatic carbocycles. The Balaban J connectivity index is 2.54. The van der Waals surface area contributed by atoms with E-state index in [9.17, 15) is 0 Å². The van der Waals surface area contributed by atoms with Crippen molar-refractivity contribution in [3.63, 3.8) is 0 Å². The Hall–Kier alpha value is -1.91. The van der Waals surface area contributed by atoms with Crippen LogP contribution in [0.1, 0.15) is 63.5 Å². The van der Waals surface area contributed by atoms with Gasteiger partial charge in [-0.2, -0.15) is 5.10 Å². The molecule has 2 aromatic rings. The summed E-state index contributed by atoms with van der Waals surface area (Å²) in [6, 6.07) is 2.05. The van der Waals surface area contributed by atoms with Gasteiger partial charge in [0.2, 0.25) is 0 Å². The van der Waals surface area contributed by atoms with Gasteiger partial charge in [0.25, 0.3) is 0 Å². The maximum absolute atomic E-state index is 4.71. The van der Waals surface area contributed by atoms with Crippen molar-refractivity contribution < 1.29 is 0 Å². The number of anilines is 1. The summed E-state index contributed by atoms with van der Waals surface area (Å²) in [5, 5.41) is 7.96. The Kier molecular flexibility index (Phi) is 4.60. The summed E-state index contributed by atoms with van der Waals surface area (Å²) in [5.41, 5.74) is 2.10. The van der Waals surface area contributed by atoms with Crippen molar-refractivity contribution in [2.45, 2.75) is 53.4 Å². The zero-order valence-electron chi connectivity index (χ0n) is 13.8. The molecule has 114 valence electrons. The van der Waals surface area contributed by atoms with Crippen molar-refractivity contribution in [3.8, 4) is 5.82 Å². The molecule has 2 heterocycles. The van der Waals surface area contributed by atoms with Crippen molar-refractivity contribution in [2.24, 2.45) is 0 Å². The minimum Gasteiger partial charge on any atom is -0.370 e. The van der Waals surface area contributed by atoms with Gasteiger partial charge in [0.05, 0.1) is 5.69 Å². The molecule has 0 saturated heterocycles. The molecular weight excluding hydrogens is 262 g/mol. The smallest absolute Gasteiger partial charge is 0.162 e. The molecule has 0 aliphatic carbocycles. The van der Waals surface area contributed by atoms with Gasteiger partial charge in [0.1, 0.15) is 11.6 Å². The van der Waals surface area contributed by atoms with Crippen LogP contribution in [0.2, 0.25) is 0 Å². The molecule has 0 aliphatic rings. The van der Waals surface area contributed by atoms with Crippen LogP contribution in [0.4, 0.5) is 5.82 Å². The lowest BCUT2D eigenvalue weighted by Crippen LogP contribution is -2.12. The van der Waals surface area contributed by atoms with Crippen LogP contribution >= 0.6 is 0 Å². The molecule has 5 heteroatoms. The topological polar surface area (TPSA) is 55.6 Å². The van der Waals surface area contributed by atoms with E-state index >= 15 is 0 Å². The van der Waals surface area contributed by atoms with Crippen molar-refractivity contribution in [1.82, 2.24) is 19.7 Å². The van der Waals surface area contributed by atoms with Crippen LogP contribution in [0.15, 0.2) is 12.3 Å². The van der Waals surface area contributed by atoms with Gasteiger partial charge in [0, 0.05) is 24.2 Å². The highest BCUT2D eigenvalue weighted by Crippen LogP contribution is 2.23. The normalized spacial score (nSPS) is 11.4. The van der Waals surface area contributed by atoms with Crippen molar-refractivity contribution in [2.75, 3.05) is 11.9 Å². The second kappa shape index (κ2) is 6.24. The van der Waals surface area contributed by atoms with E-state index in [1.165, 1.54) is 0 Å². The molecule has 2 rings (SSSR count). The predicted octanol–water partition coefficient (Wildman–Crippen LogP) is 3.65. The maximum Gasteiger partial charge on any atom is 0.162 e. The molecule has 0 saturated carbocycles. The third-order valence-corrected chi connectivity index (χ3v) is 3.42. The zero-order chi connectivity index (χ0) is 15.6. The van der Waals surface area contributed by atoms with Crippen LogP contribution in [0.3, 0.4) is 0 Å². The zero-order valence-corrected chi connectivity index (χ0v) is 13.8. The fourth-order valence-electron chi connectivity index (χ4n) is 2.11. The summed E-state index contributed by atoms with van der Waals surface area (Å²) in [6.45, 7) is 13.4. The van der Waals surface area contributed by atoms with Crippen LogP contribution in [0.25, 0.3) is 5.82 Å². The quantitative estimate of drug-likeness (QED) is 0.912. The molecule has 0 bridgehead atoms. The van der Waals surface area contributed by atoms with Gasteiger partial charge in [-0.25, -0.2) is 14.6 Å². The molecule has 0 amide bonds. The summed E-state index contributed by atoms with van der Waals surface area (Å²) in [6.07, 6.45) is 1.98. The van der Waals surface area contributed by atoms with E-state index < -0.39 is 0 Å². The third-order valence-electron chi connectivity index (χ3n) is 3.42. The largest absolute Gasteiger partial charge is 0.370 e. The number of nitrogens with one attached hydrogen (secondary N) is 1. The van der Waals surface area contributed by atoms with Crippen LogP contribution in [-0.4, -0.2) is 26.3 Å². The number of aromatic nitrogens is 4. The molecule has 0 aliphatic heterocycles. The molecule has 0 unspecified atom stereocenters. The van der Waals surface area contributed by atoms with Crippen LogP contribution in [0.5, 0.6) is 0 Å². The monoisotopic (exact) mass is 287 g/mol. The first kappa shape index (κ1) is 15.5. The van der Waals surface area contributed by atoms with E-state index in [0.717, 1.165) is 35.3 Å². The van der Waals surface area contributed by atoms with Gasteiger partial charge in [-0.05, 0) is 25.8 Å². The minimum atomic E-state index is 0.280. The van der Waals surface area contributed by atoms with Gasteiger partial charge in [0.15, 0.2) is 5.82 Å². The van der Waals surface area contributed by atoms with Crippen LogP contribution < -0.4 is 5.32 Å². The first-order valence-corrected chi connectivity index (χ1v) is 7.62. The van der Waals surface area contributed by atoms with E-state index in [2.05, 4.69) is 50.0 Å². The minimum absolute atomic E-state index is 0.280. The third kappa shape index (κ3) is 3.23. The Morgan fingerprint density at radius 1 is 1.14 bits per heavy atom. The first-order valence-electron chi connectivity index (χ1n) is 7.62. The van der Waals surface area contributed by atoms with E-state index in [-0.39, 0.29) is 5.92 Å². The van der Waals surface area contributed by atoms with E-state index in [0.29, 0.717) is 5.92 Å². The number of rotatable bonds is 5. The van der Waals surface area contributed by atoms with Gasteiger partial charge < -0.3 is 5.32 Å². The Labute approximate surface area is 126 Å². The average molecular weight is 287 g/mol. The van der Waals surface area contributed by atoms with E-state index in [1.54, 1.807) is 0 Å². The Morgan fingerprint density at radius 2 is 1.86 bits per heavy atom. The lowest BCUT2D eigenvalue weighted by molar-refractivity contribution is 0.721. The highest BCUT2D eigenvalue weighted by atomic mass is 15.3. The second-order valence-electron chi connectivity index (χ2n) is 5.90. The predicted molar refractivity (Wildman–Crippen MR) is 86.2 cm³/mol. The molecule has 0 radical (unpaired) electrons. The van der Waals surface area contributed by atoms with Gasteiger partial charge in [-0.1, -0.05) is 27.7 Å². The number of hydrogen-bond donors (Lipinski definition) is 1. The van der Waals surface area contributed by atoms with Crippen molar-refractivity contribution in [1.29, 1.82) is 0 Å². The average Bonchev–Trinajstić information content (AvgIpc) is 2.90. The fourth-order valence-corrected chi connectivity index (χ4v) is 2.11. The summed E-state index contributed by atoms with van der Waals surface area (Å²) in [7, 11) is 0. The van der Waals surface area contributed by atoms with E-state index in [1.807, 2.05) is 23.9 Å². The second-order valence-corrected chi connectivity index (χ2v) is 5.90. The molecule has 0 atom stereocenters. The SMILES string of the molecule is CCNc1nc(C(C)C)nc(-n2ccc(C(C)C)n2)c1C. The lowest BCUT2D eigenvalue weighted by Gasteiger charge is -2.14. The molecule has 0 fully saturated rings. The maximum atomic E-state index is 4.71. The summed E-state index contributed by atoms with van der Waals surface area (Å²) >= 11 is 0. The molecule has 2 aromatic heterocycles. The van der Waals surface area contributed by atoms with E-state index in [4.69, 9.17) is 4.98 Å². The molecule has 1 N–H and O–H groups in total. The molecular formula is C16H25N5. The molecule has 21 heavy (non-hydrogen) atoms. The van der Waals surface area contributed by atoms with Gasteiger partial charge >= 0.3 is 0 Å². The van der Waals surface area contributed by atoms with Crippen molar-refractivity contribution in [3.05, 3.63) is 29.3 Å². The summed E-state index contributed by atoms with van der Waals surface area (Å²) < 4.78 is 1.86. The van der Waals surface area contributed by atoms with Gasteiger partial charge in [-0.15, -0.1) is 0 Å². The Bertz CT molecular complexity index is 613. The van der Waals surface area contributed by atoms with Crippen LogP contribution in [-0.2, 0) is 0 Å². The highest BCUT2D eigenvalue weighted by Gasteiger charge is 2.15. The van der Waals surface area contributed by atoms with Gasteiger partial charge in [-0.3, -0.25) is 0 Å². The fraction of sp³-hybridized carbons (Fsp3) is 0.562. The summed E-state index contributed by atoms with van der Waals surface area (Å²) in [5.74, 6) is 3.28. The highest BCUT2D eigenvalue weighted by molar-refractivity contribution is 5.51. The lowest BCUT2D eigenvalue weighted by atomic mass is 10.1. The molecule has 0 spiro atoms. The molecule has 5 nitrogen and oxygen atoms in total. The standard InChI is InChI=1S/C16H25N5/c1-7-17-15-12(6)16(19-14(18-15)11(4)5)21-9-8-13(20-21)10(2)3/h8-11H,7H2,1-6H3,(H,17,18,19). The first-order chi connectivity index (χ1) is 9.93. The van der Waals surface area contributed by atoms with Crippen molar-refractivity contribution >= 4 is 5.82 Å². The van der Waals surface area contributed by atoms with Crippen LogP contribution in [0, 0.1) is 6.92 Å². The number of nitrogens with zero attached hydrogens (tertiary/aromatic N) is 4.